The number of nitrogens with zero attached hydrogens (tertiary/aromatic N) is 1. The first kappa shape index (κ1) is 24.1. The Balaban J connectivity index is 0. The molecule has 0 aromatic carbocycles. The van der Waals surface area contributed by atoms with Crippen molar-refractivity contribution in [2.75, 3.05) is 25.4 Å². The summed E-state index contributed by atoms with van der Waals surface area (Å²) in [5, 5.41) is 0. The molecule has 0 spiro atoms. The normalized spacial score (nSPS) is 11.4. The van der Waals surface area contributed by atoms with Crippen molar-refractivity contribution in [3.63, 3.8) is 0 Å². The van der Waals surface area contributed by atoms with Crippen LogP contribution in [0, 0.1) is 0 Å². The standard InChI is InChI=1S/C12H27N.C4H9FO3S/c1-4-7-10-13(11-8-5-2)12-9-6-3;1-2-3-4-9(6,7)8-5/h4-12H2,1-3H3;2-4H2,1H3. The second-order valence-corrected chi connectivity index (χ2v) is 7.23. The lowest BCUT2D eigenvalue weighted by Gasteiger charge is -2.21. The van der Waals surface area contributed by atoms with Gasteiger partial charge in [0.25, 0.3) is 10.1 Å². The number of hydrogen-bond acceptors (Lipinski definition) is 4. The van der Waals surface area contributed by atoms with E-state index < -0.39 is 10.1 Å². The fourth-order valence-corrected chi connectivity index (χ4v) is 2.54. The molecule has 0 heterocycles. The van der Waals surface area contributed by atoms with Gasteiger partial charge in [-0.1, -0.05) is 57.8 Å². The number of hydrogen-bond donors (Lipinski definition) is 0. The van der Waals surface area contributed by atoms with Crippen LogP contribution in [-0.4, -0.2) is 38.7 Å². The summed E-state index contributed by atoms with van der Waals surface area (Å²) in [7, 11) is -3.85. The molecule has 0 aromatic heterocycles. The Bertz CT molecular complexity index is 291. The Morgan fingerprint density at radius 1 is 0.773 bits per heavy atom. The summed E-state index contributed by atoms with van der Waals surface area (Å²) in [4.78, 5) is 2.64. The van der Waals surface area contributed by atoms with Crippen LogP contribution >= 0.6 is 0 Å². The number of unbranched alkanes of at least 4 members (excludes halogenated alkanes) is 4. The van der Waals surface area contributed by atoms with E-state index >= 15 is 0 Å². The maximum atomic E-state index is 11.0. The number of rotatable bonds is 13. The Kier molecular flexibility index (Phi) is 18.8. The highest BCUT2D eigenvalue weighted by molar-refractivity contribution is 7.86. The Labute approximate surface area is 137 Å². The topological polar surface area (TPSA) is 46.6 Å². The molecule has 0 N–H and O–H groups in total. The molecule has 0 saturated carbocycles. The molecule has 0 radical (unpaired) electrons. The molecule has 22 heavy (non-hydrogen) atoms. The number of halogens is 1. The lowest BCUT2D eigenvalue weighted by atomic mass is 10.2. The predicted octanol–water partition coefficient (Wildman–Crippen LogP) is 4.71. The van der Waals surface area contributed by atoms with E-state index in [0.717, 1.165) is 0 Å². The minimum Gasteiger partial charge on any atom is -0.303 e. The molecule has 4 nitrogen and oxygen atoms in total. The van der Waals surface area contributed by atoms with Crippen molar-refractivity contribution in [2.24, 2.45) is 0 Å². The molecular weight excluding hydrogens is 305 g/mol. The molecule has 0 aromatic rings. The third-order valence-corrected chi connectivity index (χ3v) is 4.31. The second-order valence-electron chi connectivity index (χ2n) is 5.58. The molecule has 0 rings (SSSR count). The van der Waals surface area contributed by atoms with Gasteiger partial charge >= 0.3 is 0 Å². The van der Waals surface area contributed by atoms with Gasteiger partial charge in [-0.25, -0.2) is 0 Å². The van der Waals surface area contributed by atoms with Crippen LogP contribution < -0.4 is 0 Å². The fourth-order valence-electron chi connectivity index (χ4n) is 1.83. The molecule has 136 valence electrons. The smallest absolute Gasteiger partial charge is 0.297 e. The average Bonchev–Trinajstić information content (AvgIpc) is 2.53. The fraction of sp³-hybridized carbons (Fsp3) is 1.00. The first-order chi connectivity index (χ1) is 10.5. The van der Waals surface area contributed by atoms with E-state index in [1.807, 2.05) is 6.92 Å². The van der Waals surface area contributed by atoms with Gasteiger partial charge in [0.05, 0.1) is 5.75 Å². The Morgan fingerprint density at radius 2 is 1.14 bits per heavy atom. The average molecular weight is 342 g/mol. The van der Waals surface area contributed by atoms with Gasteiger partial charge in [-0.15, -0.1) is 0 Å². The monoisotopic (exact) mass is 341 g/mol. The van der Waals surface area contributed by atoms with Crippen LogP contribution in [0.1, 0.15) is 79.1 Å². The summed E-state index contributed by atoms with van der Waals surface area (Å²) in [6.45, 7) is 12.6. The maximum absolute atomic E-state index is 11.0. The van der Waals surface area contributed by atoms with Crippen molar-refractivity contribution in [3.8, 4) is 0 Å². The van der Waals surface area contributed by atoms with Gasteiger partial charge in [0, 0.05) is 0 Å². The molecule has 6 heteroatoms. The highest BCUT2D eigenvalue weighted by atomic mass is 32.2. The van der Waals surface area contributed by atoms with Gasteiger partial charge in [-0.2, -0.15) is 8.42 Å². The zero-order valence-electron chi connectivity index (χ0n) is 14.9. The molecule has 0 unspecified atom stereocenters. The largest absolute Gasteiger partial charge is 0.303 e. The van der Waals surface area contributed by atoms with Gasteiger partial charge in [0.15, 0.2) is 0 Å². The molecule has 0 atom stereocenters. The van der Waals surface area contributed by atoms with Crippen molar-refractivity contribution in [1.82, 2.24) is 4.90 Å². The van der Waals surface area contributed by atoms with Crippen molar-refractivity contribution < 1.29 is 17.3 Å². The first-order valence-corrected chi connectivity index (χ1v) is 10.3. The molecule has 0 aliphatic carbocycles. The molecule has 0 amide bonds. The van der Waals surface area contributed by atoms with E-state index in [1.54, 1.807) is 0 Å². The van der Waals surface area contributed by atoms with Crippen LogP contribution in [0.15, 0.2) is 0 Å². The summed E-state index contributed by atoms with van der Waals surface area (Å²) in [5.41, 5.74) is 0. The van der Waals surface area contributed by atoms with Crippen LogP contribution in [0.2, 0.25) is 0 Å². The zero-order valence-corrected chi connectivity index (χ0v) is 15.8. The molecule has 0 fully saturated rings. The van der Waals surface area contributed by atoms with Gasteiger partial charge in [-0.3, -0.25) is 0 Å². The van der Waals surface area contributed by atoms with Crippen molar-refractivity contribution >= 4 is 10.1 Å². The summed E-state index contributed by atoms with van der Waals surface area (Å²) in [6.07, 6.45) is 9.24. The molecule has 0 saturated heterocycles. The second kappa shape index (κ2) is 17.2. The summed E-state index contributed by atoms with van der Waals surface area (Å²) in [5.74, 6) is -0.236. The third kappa shape index (κ3) is 17.9. The molecule has 0 aliphatic heterocycles. The van der Waals surface area contributed by atoms with Gasteiger partial charge in [0.1, 0.15) is 0 Å². The molecule has 0 aliphatic rings. The Hall–Kier alpha value is -0.200. The van der Waals surface area contributed by atoms with Crippen molar-refractivity contribution in [2.45, 2.75) is 79.1 Å². The lowest BCUT2D eigenvalue weighted by Crippen LogP contribution is -2.27. The van der Waals surface area contributed by atoms with Gasteiger partial charge < -0.3 is 4.90 Å². The zero-order chi connectivity index (χ0) is 17.3. The highest BCUT2D eigenvalue weighted by Crippen LogP contribution is 2.01. The van der Waals surface area contributed by atoms with Gasteiger partial charge in [0.2, 0.25) is 0 Å². The van der Waals surface area contributed by atoms with E-state index in [1.165, 1.54) is 58.2 Å². The molecule has 0 bridgehead atoms. The predicted molar refractivity (Wildman–Crippen MR) is 92.1 cm³/mol. The Morgan fingerprint density at radius 3 is 1.41 bits per heavy atom. The van der Waals surface area contributed by atoms with E-state index in [4.69, 9.17) is 0 Å². The van der Waals surface area contributed by atoms with E-state index in [9.17, 15) is 12.9 Å². The van der Waals surface area contributed by atoms with Crippen molar-refractivity contribution in [1.29, 1.82) is 0 Å². The summed E-state index contributed by atoms with van der Waals surface area (Å²) >= 11 is 0. The van der Waals surface area contributed by atoms with Crippen LogP contribution in [-0.2, 0) is 14.5 Å². The quantitative estimate of drug-likeness (QED) is 0.487. The van der Waals surface area contributed by atoms with Crippen LogP contribution in [0.5, 0.6) is 0 Å². The first-order valence-electron chi connectivity index (χ1n) is 8.72. The van der Waals surface area contributed by atoms with Crippen LogP contribution in [0.3, 0.4) is 0 Å². The summed E-state index contributed by atoms with van der Waals surface area (Å²) in [6, 6.07) is 0. The van der Waals surface area contributed by atoms with Crippen molar-refractivity contribution in [3.05, 3.63) is 0 Å². The maximum Gasteiger partial charge on any atom is 0.297 e. The van der Waals surface area contributed by atoms with E-state index in [2.05, 4.69) is 30.1 Å². The van der Waals surface area contributed by atoms with E-state index in [-0.39, 0.29) is 5.75 Å². The third-order valence-electron chi connectivity index (χ3n) is 3.33. The van der Waals surface area contributed by atoms with E-state index in [0.29, 0.717) is 12.8 Å². The lowest BCUT2D eigenvalue weighted by molar-refractivity contribution is 0.00290. The van der Waals surface area contributed by atoms with Crippen LogP contribution in [0.25, 0.3) is 0 Å². The molecular formula is C16H36FNO3S. The minimum absolute atomic E-state index is 0.236. The summed E-state index contributed by atoms with van der Waals surface area (Å²) < 4.78 is 34.0. The minimum atomic E-state index is -3.85. The highest BCUT2D eigenvalue weighted by Gasteiger charge is 2.08. The van der Waals surface area contributed by atoms with Crippen LogP contribution in [0.4, 0.5) is 4.53 Å². The SMILES string of the molecule is CCCCN(CCCC)CCCC.CCCCS(=O)(=O)OF. The van der Waals surface area contributed by atoms with Gasteiger partial charge in [-0.05, 0) is 49.8 Å².